The summed E-state index contributed by atoms with van der Waals surface area (Å²) in [6.45, 7) is 4.35. The van der Waals surface area contributed by atoms with Crippen LogP contribution in [-0.2, 0) is 0 Å². The highest BCUT2D eigenvalue weighted by Gasteiger charge is 2.90. The standard InChI is InChI=1S/C31H55F13N2/c1-6-7-8-9-10-11-12-13-14-17-22-45(2,3)23-18-15-16-19-24-46(4,5)25-20-21-26(32,33)27(34,35)28(36,37)29(38,39)30(40,41)31(42,43)44/h6-25H2,1-5H3/q+2. The summed E-state index contributed by atoms with van der Waals surface area (Å²) in [5.41, 5.74) is 0. The predicted molar refractivity (Wildman–Crippen MR) is 154 cm³/mol. The van der Waals surface area contributed by atoms with Crippen molar-refractivity contribution in [2.24, 2.45) is 0 Å². The lowest BCUT2D eigenvalue weighted by molar-refractivity contribution is -0.891. The molecule has 0 aliphatic carbocycles. The zero-order chi connectivity index (χ0) is 36.1. The van der Waals surface area contributed by atoms with Crippen LogP contribution in [0.15, 0.2) is 0 Å². The molecule has 0 saturated carbocycles. The molecule has 0 radical (unpaired) electrons. The minimum atomic E-state index is -7.85. The van der Waals surface area contributed by atoms with Gasteiger partial charge in [-0.3, -0.25) is 0 Å². The minimum absolute atomic E-state index is 0.0132. The van der Waals surface area contributed by atoms with Gasteiger partial charge in [-0.25, -0.2) is 0 Å². The molecule has 0 rings (SSSR count). The van der Waals surface area contributed by atoms with E-state index in [0.29, 0.717) is 13.0 Å². The van der Waals surface area contributed by atoms with E-state index in [9.17, 15) is 57.1 Å². The lowest BCUT2D eigenvalue weighted by atomic mass is 9.92. The zero-order valence-electron chi connectivity index (χ0n) is 28.0. The van der Waals surface area contributed by atoms with Crippen molar-refractivity contribution in [3.8, 4) is 0 Å². The largest absolute Gasteiger partial charge is 0.460 e. The van der Waals surface area contributed by atoms with Gasteiger partial charge in [0.15, 0.2) is 0 Å². The van der Waals surface area contributed by atoms with Crippen LogP contribution in [0.3, 0.4) is 0 Å². The lowest BCUT2D eigenvalue weighted by Gasteiger charge is -2.40. The number of unbranched alkanes of at least 4 members (excludes halogenated alkanes) is 12. The maximum Gasteiger partial charge on any atom is 0.460 e. The monoisotopic (exact) mass is 702 g/mol. The fourth-order valence-electron chi connectivity index (χ4n) is 5.37. The average Bonchev–Trinajstić information content (AvgIpc) is 2.90. The van der Waals surface area contributed by atoms with Crippen molar-refractivity contribution in [3.05, 3.63) is 0 Å². The van der Waals surface area contributed by atoms with Gasteiger partial charge in [0.25, 0.3) is 0 Å². The molecule has 0 fully saturated rings. The van der Waals surface area contributed by atoms with Crippen molar-refractivity contribution in [1.29, 1.82) is 0 Å². The van der Waals surface area contributed by atoms with Gasteiger partial charge in [0.2, 0.25) is 0 Å². The highest BCUT2D eigenvalue weighted by Crippen LogP contribution is 2.60. The Balaban J connectivity index is 4.54. The van der Waals surface area contributed by atoms with Gasteiger partial charge >= 0.3 is 35.8 Å². The van der Waals surface area contributed by atoms with Gasteiger partial charge in [-0.2, -0.15) is 57.1 Å². The summed E-state index contributed by atoms with van der Waals surface area (Å²) < 4.78 is 174. The van der Waals surface area contributed by atoms with Crippen LogP contribution in [-0.4, -0.2) is 99.1 Å². The summed E-state index contributed by atoms with van der Waals surface area (Å²) in [6.07, 6.45) is 5.47. The van der Waals surface area contributed by atoms with Gasteiger partial charge in [0.05, 0.1) is 54.4 Å². The molecule has 0 aliphatic heterocycles. The number of alkyl halides is 13. The predicted octanol–water partition coefficient (Wildman–Crippen LogP) is 11.1. The van der Waals surface area contributed by atoms with E-state index in [-0.39, 0.29) is 11.0 Å². The molecule has 0 unspecified atom stereocenters. The summed E-state index contributed by atoms with van der Waals surface area (Å²) in [5.74, 6) is -36.5. The summed E-state index contributed by atoms with van der Waals surface area (Å²) >= 11 is 0. The SMILES string of the molecule is CCCCCCCCCCCC[N+](C)(C)CCCCCC[N+](C)(C)CCCC(F)(F)C(F)(F)C(F)(F)C(F)(F)C(F)(F)C(F)(F)F. The van der Waals surface area contributed by atoms with Gasteiger partial charge < -0.3 is 8.97 Å². The van der Waals surface area contributed by atoms with E-state index in [4.69, 9.17) is 0 Å². The van der Waals surface area contributed by atoms with Crippen LogP contribution in [0, 0.1) is 0 Å². The average molecular weight is 703 g/mol. The first-order valence-electron chi connectivity index (χ1n) is 16.3. The Kier molecular flexibility index (Phi) is 17.7. The number of hydrogen-bond donors (Lipinski definition) is 0. The van der Waals surface area contributed by atoms with E-state index in [1.165, 1.54) is 57.8 Å². The van der Waals surface area contributed by atoms with Crippen LogP contribution in [0.25, 0.3) is 0 Å². The van der Waals surface area contributed by atoms with Crippen molar-refractivity contribution in [2.45, 2.75) is 145 Å². The van der Waals surface area contributed by atoms with Crippen LogP contribution in [0.5, 0.6) is 0 Å². The molecule has 0 atom stereocenters. The Morgan fingerprint density at radius 1 is 0.348 bits per heavy atom. The van der Waals surface area contributed by atoms with Gasteiger partial charge in [0, 0.05) is 12.8 Å². The second kappa shape index (κ2) is 18.1. The number of nitrogens with zero attached hydrogens (tertiary/aromatic N) is 2. The van der Waals surface area contributed by atoms with E-state index < -0.39 is 48.6 Å². The molecular formula is C31H55F13N2+2. The van der Waals surface area contributed by atoms with E-state index in [0.717, 1.165) is 43.3 Å². The van der Waals surface area contributed by atoms with Crippen molar-refractivity contribution >= 4 is 0 Å². The van der Waals surface area contributed by atoms with E-state index in [2.05, 4.69) is 21.0 Å². The smallest absolute Gasteiger partial charge is 0.328 e. The van der Waals surface area contributed by atoms with Crippen LogP contribution in [0.4, 0.5) is 57.1 Å². The Morgan fingerprint density at radius 3 is 0.957 bits per heavy atom. The first-order chi connectivity index (χ1) is 20.7. The zero-order valence-corrected chi connectivity index (χ0v) is 28.0. The molecule has 0 saturated heterocycles. The van der Waals surface area contributed by atoms with Gasteiger partial charge in [-0.05, 0) is 38.5 Å². The van der Waals surface area contributed by atoms with Crippen LogP contribution in [0.1, 0.15) is 110 Å². The van der Waals surface area contributed by atoms with Gasteiger partial charge in [-0.1, -0.05) is 58.3 Å². The first kappa shape index (κ1) is 45.0. The summed E-state index contributed by atoms with van der Waals surface area (Å²) in [4.78, 5) is 0. The first-order valence-corrected chi connectivity index (χ1v) is 16.3. The fraction of sp³-hybridized carbons (Fsp3) is 1.00. The molecule has 0 aliphatic rings. The van der Waals surface area contributed by atoms with Crippen molar-refractivity contribution in [1.82, 2.24) is 0 Å². The number of quaternary nitrogens is 2. The number of hydrogen-bond acceptors (Lipinski definition) is 0. The Morgan fingerprint density at radius 2 is 0.630 bits per heavy atom. The third-order valence-corrected chi connectivity index (χ3v) is 8.65. The summed E-state index contributed by atoms with van der Waals surface area (Å²) in [7, 11) is 7.45. The number of halogens is 13. The molecule has 2 nitrogen and oxygen atoms in total. The molecule has 15 heteroatoms. The molecular weight excluding hydrogens is 647 g/mol. The van der Waals surface area contributed by atoms with Crippen molar-refractivity contribution in [2.75, 3.05) is 54.4 Å². The molecule has 0 aromatic heterocycles. The van der Waals surface area contributed by atoms with E-state index >= 15 is 0 Å². The molecule has 0 bridgehead atoms. The Hall–Kier alpha value is -0.990. The number of rotatable bonds is 26. The maximum absolute atomic E-state index is 14.1. The summed E-state index contributed by atoms with van der Waals surface area (Å²) in [5, 5.41) is 0. The molecule has 278 valence electrons. The Bertz CT molecular complexity index is 841. The third kappa shape index (κ3) is 13.1. The second-order valence-electron chi connectivity index (χ2n) is 14.0. The van der Waals surface area contributed by atoms with E-state index in [1.54, 1.807) is 14.1 Å². The van der Waals surface area contributed by atoms with Crippen LogP contribution >= 0.6 is 0 Å². The lowest BCUT2D eigenvalue weighted by Crippen LogP contribution is -2.70. The van der Waals surface area contributed by atoms with Crippen LogP contribution in [0.2, 0.25) is 0 Å². The molecule has 0 aromatic carbocycles. The molecule has 0 amide bonds. The topological polar surface area (TPSA) is 0 Å². The van der Waals surface area contributed by atoms with Gasteiger partial charge in [-0.15, -0.1) is 0 Å². The second-order valence-corrected chi connectivity index (χ2v) is 14.0. The molecule has 0 N–H and O–H groups in total. The normalized spacial score (nSPS) is 14.7. The highest BCUT2D eigenvalue weighted by molar-refractivity contribution is 5.10. The molecule has 46 heavy (non-hydrogen) atoms. The van der Waals surface area contributed by atoms with Crippen LogP contribution < -0.4 is 0 Å². The van der Waals surface area contributed by atoms with Gasteiger partial charge in [0.1, 0.15) is 0 Å². The molecule has 0 spiro atoms. The highest BCUT2D eigenvalue weighted by atomic mass is 19.4. The van der Waals surface area contributed by atoms with Crippen molar-refractivity contribution in [3.63, 3.8) is 0 Å². The van der Waals surface area contributed by atoms with Crippen molar-refractivity contribution < 1.29 is 66.0 Å². The summed E-state index contributed by atoms with van der Waals surface area (Å²) in [6, 6.07) is 0. The fourth-order valence-corrected chi connectivity index (χ4v) is 5.37. The molecule has 0 heterocycles. The quantitative estimate of drug-likeness (QED) is 0.0478. The maximum atomic E-state index is 14.1. The van der Waals surface area contributed by atoms with E-state index in [1.807, 2.05) is 0 Å². The minimum Gasteiger partial charge on any atom is -0.328 e. The third-order valence-electron chi connectivity index (χ3n) is 8.65. The molecule has 0 aromatic rings. The Labute approximate surface area is 266 Å².